The summed E-state index contributed by atoms with van der Waals surface area (Å²) in [7, 11) is 0. The van der Waals surface area contributed by atoms with Gasteiger partial charge in [-0.1, -0.05) is 17.7 Å². The van der Waals surface area contributed by atoms with Gasteiger partial charge in [-0.2, -0.15) is 5.10 Å². The Morgan fingerprint density at radius 3 is 3.05 bits per heavy atom. The quantitative estimate of drug-likeness (QED) is 0.790. The number of ether oxygens (including phenoxy) is 1. The summed E-state index contributed by atoms with van der Waals surface area (Å²) >= 11 is 5.81. The zero-order chi connectivity index (χ0) is 13.7. The van der Waals surface area contributed by atoms with E-state index < -0.39 is 0 Å². The second-order valence-electron chi connectivity index (χ2n) is 4.16. The maximum atomic E-state index is 11.7. The largest absolute Gasteiger partial charge is 0.462 e. The molecule has 0 fully saturated rings. The number of carbonyl (C=O) groups excluding carboxylic acids is 1. The molecular formula is C13H14ClN3O2. The molecule has 0 radical (unpaired) electrons. The van der Waals surface area contributed by atoms with Crippen molar-refractivity contribution in [3.8, 4) is 0 Å². The zero-order valence-electron chi connectivity index (χ0n) is 10.5. The molecule has 0 saturated heterocycles. The minimum Gasteiger partial charge on any atom is -0.462 e. The fraction of sp³-hybridized carbons (Fsp3) is 0.308. The SMILES string of the molecule is C[C@@H](CCOC(=O)c1cccc(Cl)c1)n1cncn1. The molecule has 6 heteroatoms. The highest BCUT2D eigenvalue weighted by Gasteiger charge is 2.09. The lowest BCUT2D eigenvalue weighted by atomic mass is 10.2. The smallest absolute Gasteiger partial charge is 0.338 e. The maximum absolute atomic E-state index is 11.7. The molecule has 2 rings (SSSR count). The van der Waals surface area contributed by atoms with Crippen LogP contribution >= 0.6 is 11.6 Å². The van der Waals surface area contributed by atoms with Crippen LogP contribution in [0.25, 0.3) is 0 Å². The van der Waals surface area contributed by atoms with Crippen molar-refractivity contribution >= 4 is 17.6 Å². The van der Waals surface area contributed by atoms with E-state index in [1.165, 1.54) is 6.33 Å². The van der Waals surface area contributed by atoms with Crippen molar-refractivity contribution in [1.82, 2.24) is 14.8 Å². The molecule has 0 unspecified atom stereocenters. The molecule has 0 N–H and O–H groups in total. The molecule has 0 bridgehead atoms. The van der Waals surface area contributed by atoms with Crippen molar-refractivity contribution in [2.24, 2.45) is 0 Å². The lowest BCUT2D eigenvalue weighted by Gasteiger charge is -2.11. The monoisotopic (exact) mass is 279 g/mol. The van der Waals surface area contributed by atoms with E-state index in [0.29, 0.717) is 23.6 Å². The topological polar surface area (TPSA) is 57.0 Å². The third-order valence-electron chi connectivity index (χ3n) is 2.72. The van der Waals surface area contributed by atoms with Gasteiger partial charge in [0, 0.05) is 11.4 Å². The maximum Gasteiger partial charge on any atom is 0.338 e. The van der Waals surface area contributed by atoms with Crippen molar-refractivity contribution in [1.29, 1.82) is 0 Å². The van der Waals surface area contributed by atoms with Gasteiger partial charge in [0.25, 0.3) is 0 Å². The highest BCUT2D eigenvalue weighted by atomic mass is 35.5. The van der Waals surface area contributed by atoms with E-state index in [4.69, 9.17) is 16.3 Å². The summed E-state index contributed by atoms with van der Waals surface area (Å²) in [5.74, 6) is -0.367. The molecule has 100 valence electrons. The van der Waals surface area contributed by atoms with Crippen LogP contribution in [-0.2, 0) is 4.74 Å². The third-order valence-corrected chi connectivity index (χ3v) is 2.95. The molecule has 2 aromatic rings. The Morgan fingerprint density at radius 1 is 1.53 bits per heavy atom. The first-order valence-electron chi connectivity index (χ1n) is 5.93. The molecule has 0 aliphatic heterocycles. The van der Waals surface area contributed by atoms with Gasteiger partial charge in [0.05, 0.1) is 18.2 Å². The summed E-state index contributed by atoms with van der Waals surface area (Å²) in [5.41, 5.74) is 0.459. The molecule has 0 spiro atoms. The number of aromatic nitrogens is 3. The van der Waals surface area contributed by atoms with Gasteiger partial charge in [0.1, 0.15) is 12.7 Å². The van der Waals surface area contributed by atoms with E-state index in [0.717, 1.165) is 0 Å². The van der Waals surface area contributed by atoms with Crippen molar-refractivity contribution in [2.45, 2.75) is 19.4 Å². The summed E-state index contributed by atoms with van der Waals surface area (Å²) in [6.45, 7) is 2.31. The zero-order valence-corrected chi connectivity index (χ0v) is 11.2. The molecule has 0 aliphatic rings. The Bertz CT molecular complexity index is 543. The molecule has 0 saturated carbocycles. The average molecular weight is 280 g/mol. The fourth-order valence-electron chi connectivity index (χ4n) is 1.60. The minimum absolute atomic E-state index is 0.134. The lowest BCUT2D eigenvalue weighted by Crippen LogP contribution is -2.12. The van der Waals surface area contributed by atoms with Gasteiger partial charge in [-0.05, 0) is 25.1 Å². The molecule has 1 aromatic heterocycles. The number of nitrogens with zero attached hydrogens (tertiary/aromatic N) is 3. The Labute approximate surface area is 116 Å². The van der Waals surface area contributed by atoms with E-state index in [1.807, 2.05) is 6.92 Å². The predicted octanol–water partition coefficient (Wildman–Crippen LogP) is 2.74. The van der Waals surface area contributed by atoms with Crippen LogP contribution < -0.4 is 0 Å². The molecule has 1 aromatic carbocycles. The Hall–Kier alpha value is -1.88. The molecule has 19 heavy (non-hydrogen) atoms. The van der Waals surface area contributed by atoms with Crippen LogP contribution in [0.1, 0.15) is 29.7 Å². The van der Waals surface area contributed by atoms with E-state index in [2.05, 4.69) is 10.1 Å². The highest BCUT2D eigenvalue weighted by molar-refractivity contribution is 6.30. The van der Waals surface area contributed by atoms with Gasteiger partial charge in [-0.3, -0.25) is 4.68 Å². The first-order chi connectivity index (χ1) is 9.16. The van der Waals surface area contributed by atoms with Gasteiger partial charge < -0.3 is 4.74 Å². The lowest BCUT2D eigenvalue weighted by molar-refractivity contribution is 0.0485. The first kappa shape index (κ1) is 13.5. The number of benzene rings is 1. The first-order valence-corrected chi connectivity index (χ1v) is 6.31. The highest BCUT2D eigenvalue weighted by Crippen LogP contribution is 2.13. The van der Waals surface area contributed by atoms with Crippen LogP contribution in [0.5, 0.6) is 0 Å². The van der Waals surface area contributed by atoms with Crippen molar-refractivity contribution in [3.63, 3.8) is 0 Å². The standard InChI is InChI=1S/C13H14ClN3O2/c1-10(17-9-15-8-16-17)5-6-19-13(18)11-3-2-4-12(14)7-11/h2-4,7-10H,5-6H2,1H3/t10-/m0/s1. The normalized spacial score (nSPS) is 12.1. The summed E-state index contributed by atoms with van der Waals surface area (Å²) in [4.78, 5) is 15.6. The predicted molar refractivity (Wildman–Crippen MR) is 71.1 cm³/mol. The van der Waals surface area contributed by atoms with Gasteiger partial charge >= 0.3 is 5.97 Å². The van der Waals surface area contributed by atoms with Gasteiger partial charge in [0.15, 0.2) is 0 Å². The van der Waals surface area contributed by atoms with Crippen LogP contribution in [0.4, 0.5) is 0 Å². The van der Waals surface area contributed by atoms with Crippen LogP contribution in [0, 0.1) is 0 Å². The number of hydrogen-bond acceptors (Lipinski definition) is 4. The van der Waals surface area contributed by atoms with Crippen molar-refractivity contribution in [2.75, 3.05) is 6.61 Å². The van der Waals surface area contributed by atoms with Gasteiger partial charge in [-0.25, -0.2) is 9.78 Å². The molecule has 1 atom stereocenters. The Balaban J connectivity index is 1.81. The second-order valence-corrected chi connectivity index (χ2v) is 4.60. The Morgan fingerprint density at radius 2 is 2.37 bits per heavy atom. The van der Waals surface area contributed by atoms with E-state index in [-0.39, 0.29) is 12.0 Å². The molecule has 0 aliphatic carbocycles. The minimum atomic E-state index is -0.367. The summed E-state index contributed by atoms with van der Waals surface area (Å²) < 4.78 is 6.92. The fourth-order valence-corrected chi connectivity index (χ4v) is 1.79. The number of halogens is 1. The van der Waals surface area contributed by atoms with Crippen LogP contribution in [0.15, 0.2) is 36.9 Å². The molecule has 5 nitrogen and oxygen atoms in total. The summed E-state index contributed by atoms with van der Waals surface area (Å²) in [6, 6.07) is 6.83. The second kappa shape index (κ2) is 6.33. The summed E-state index contributed by atoms with van der Waals surface area (Å²) in [6.07, 6.45) is 3.80. The number of esters is 1. The Kier molecular flexibility index (Phi) is 4.52. The van der Waals surface area contributed by atoms with Crippen LogP contribution in [0.3, 0.4) is 0 Å². The molecular weight excluding hydrogens is 266 g/mol. The van der Waals surface area contributed by atoms with E-state index >= 15 is 0 Å². The molecule has 1 heterocycles. The van der Waals surface area contributed by atoms with Gasteiger partial charge in [0.2, 0.25) is 0 Å². The third kappa shape index (κ3) is 3.79. The van der Waals surface area contributed by atoms with Crippen molar-refractivity contribution < 1.29 is 9.53 Å². The summed E-state index contributed by atoms with van der Waals surface area (Å²) in [5, 5.41) is 4.55. The number of carbonyl (C=O) groups is 1. The van der Waals surface area contributed by atoms with Crippen LogP contribution in [0.2, 0.25) is 5.02 Å². The number of hydrogen-bond donors (Lipinski definition) is 0. The molecule has 0 amide bonds. The van der Waals surface area contributed by atoms with Crippen LogP contribution in [-0.4, -0.2) is 27.3 Å². The number of rotatable bonds is 5. The van der Waals surface area contributed by atoms with E-state index in [9.17, 15) is 4.79 Å². The van der Waals surface area contributed by atoms with Gasteiger partial charge in [-0.15, -0.1) is 0 Å². The average Bonchev–Trinajstić information content (AvgIpc) is 2.92. The van der Waals surface area contributed by atoms with E-state index in [1.54, 1.807) is 35.3 Å². The van der Waals surface area contributed by atoms with Crippen molar-refractivity contribution in [3.05, 3.63) is 47.5 Å².